The number of aliphatic hydroxyl groups excluding tert-OH is 18. The predicted molar refractivity (Wildman–Crippen MR) is 251 cm³/mol. The summed E-state index contributed by atoms with van der Waals surface area (Å²) in [4.78, 5) is 49.9. The Balaban J connectivity index is 1.20. The Hall–Kier alpha value is -3.28. The maximum absolute atomic E-state index is 12.8. The molecular weight excluding hydrogens is 1130 g/mol. The van der Waals surface area contributed by atoms with Gasteiger partial charge < -0.3 is 165 Å². The fourth-order valence-corrected chi connectivity index (χ4v) is 10.3. The molecule has 0 unspecified atom stereocenters. The van der Waals surface area contributed by atoms with Crippen molar-refractivity contribution in [1.82, 2.24) is 16.0 Å². The summed E-state index contributed by atoms with van der Waals surface area (Å²) in [7, 11) is 0. The van der Waals surface area contributed by atoms with Crippen LogP contribution in [0, 0.1) is 0 Å². The molecule has 3 amide bonds. The molecule has 6 saturated heterocycles. The molecule has 6 heterocycles. The molecule has 0 bridgehead atoms. The lowest BCUT2D eigenvalue weighted by atomic mass is 9.88. The quantitative estimate of drug-likeness (QED) is 0.0479. The van der Waals surface area contributed by atoms with Crippen LogP contribution in [0.5, 0.6) is 0 Å². The molecule has 0 aromatic heterocycles. The first-order valence-corrected chi connectivity index (χ1v) is 25.8. The Labute approximate surface area is 463 Å². The monoisotopic (exact) mass is 1200 g/mol. The highest BCUT2D eigenvalue weighted by molar-refractivity contribution is 5.78. The molecule has 0 aromatic rings. The molecule has 22 N–H and O–H groups in total. The third kappa shape index (κ3) is 14.7. The minimum absolute atomic E-state index is 0.829. The van der Waals surface area contributed by atoms with Crippen molar-refractivity contribution in [3.05, 3.63) is 0 Å². The van der Waals surface area contributed by atoms with Gasteiger partial charge >= 0.3 is 5.97 Å². The minimum atomic E-state index is -3.05. The van der Waals surface area contributed by atoms with Crippen molar-refractivity contribution in [1.29, 1.82) is 0 Å². The fourth-order valence-electron chi connectivity index (χ4n) is 10.3. The molecule has 0 aromatic carbocycles. The highest BCUT2D eigenvalue weighted by Crippen LogP contribution is 2.38. The number of amides is 3. The number of carboxylic acids is 1. The van der Waals surface area contributed by atoms with Crippen LogP contribution in [0.2, 0.25) is 0 Å². The van der Waals surface area contributed by atoms with Gasteiger partial charge in [-0.25, -0.2) is 4.79 Å². The van der Waals surface area contributed by atoms with E-state index in [9.17, 15) is 116 Å². The summed E-state index contributed by atoms with van der Waals surface area (Å²) < 4.78 is 62.7. The van der Waals surface area contributed by atoms with Crippen molar-refractivity contribution in [2.45, 2.75) is 217 Å². The molecule has 6 fully saturated rings. The largest absolute Gasteiger partial charge is 0.477 e. The zero-order valence-corrected chi connectivity index (χ0v) is 43.9. The second-order valence-corrected chi connectivity index (χ2v) is 20.4. The zero-order chi connectivity index (χ0) is 61.0. The Morgan fingerprint density at radius 3 is 1.59 bits per heavy atom. The molecule has 0 spiro atoms. The SMILES string of the molecule is CC(=O)N[C@@H]1[C@@H](O[C@@H]2O[C@H](CO)[C@H](O[C@@H]3O[C@H](CO)[C@H](O)[C@H](O[C@@H]4O[C@H](CO)[C@H](O)[C@H](O[C@@H]5O[C@@H](C)[C@@H](O)[C@@H](O)[C@@H]5O)[C@H]4NC(C)=O)[C@H]3O)[C@H](O)[C@H]2O)[C@@H](O)[C@@H](CO[C@]2(C(=O)O)C[C@H](O)[C@@H](NC(=O)CO)[C@H]([C@H](O)[C@H](O)CO)O2)O[C@@H]1O. The van der Waals surface area contributed by atoms with E-state index in [-0.39, 0.29) is 0 Å². The topological polar surface area (TPSA) is 590 Å². The number of carboxylic acid groups (broad SMARTS) is 1. The highest BCUT2D eigenvalue weighted by Gasteiger charge is 2.60. The van der Waals surface area contributed by atoms with Crippen molar-refractivity contribution in [2.75, 3.05) is 39.6 Å². The van der Waals surface area contributed by atoms with Gasteiger partial charge in [-0.05, 0) is 6.92 Å². The van der Waals surface area contributed by atoms with Crippen molar-refractivity contribution in [3.8, 4) is 0 Å². The first-order chi connectivity index (χ1) is 38.6. The lowest BCUT2D eigenvalue weighted by Gasteiger charge is -2.50. The van der Waals surface area contributed by atoms with Gasteiger partial charge in [-0.3, -0.25) is 14.4 Å². The molecule has 0 radical (unpaired) electrons. The summed E-state index contributed by atoms with van der Waals surface area (Å²) >= 11 is 0. The summed E-state index contributed by atoms with van der Waals surface area (Å²) in [6.45, 7) is -3.32. The van der Waals surface area contributed by atoms with Crippen LogP contribution in [0.15, 0.2) is 0 Å². The number of carbonyl (C=O) groups is 4. The van der Waals surface area contributed by atoms with Crippen LogP contribution in [0.25, 0.3) is 0 Å². The summed E-state index contributed by atoms with van der Waals surface area (Å²) in [6.07, 6.45) is -54.4. The van der Waals surface area contributed by atoms with Crippen molar-refractivity contribution < 1.29 is 168 Å². The minimum Gasteiger partial charge on any atom is -0.477 e. The number of rotatable bonds is 22. The molecule has 6 rings (SSSR count). The van der Waals surface area contributed by atoms with Gasteiger partial charge in [0.25, 0.3) is 5.79 Å². The first-order valence-electron chi connectivity index (χ1n) is 25.8. The van der Waals surface area contributed by atoms with Gasteiger partial charge in [0.15, 0.2) is 31.5 Å². The van der Waals surface area contributed by atoms with Gasteiger partial charge in [0, 0.05) is 20.3 Å². The van der Waals surface area contributed by atoms with E-state index >= 15 is 0 Å². The van der Waals surface area contributed by atoms with Gasteiger partial charge in [0.2, 0.25) is 17.7 Å². The van der Waals surface area contributed by atoms with Crippen LogP contribution < -0.4 is 16.0 Å². The van der Waals surface area contributed by atoms with E-state index in [4.69, 9.17) is 52.1 Å². The lowest BCUT2D eigenvalue weighted by Crippen LogP contribution is -2.70. The van der Waals surface area contributed by atoms with Gasteiger partial charge in [-0.1, -0.05) is 0 Å². The van der Waals surface area contributed by atoms with Gasteiger partial charge in [0.1, 0.15) is 141 Å². The number of hydrogen-bond donors (Lipinski definition) is 22. The molecular formula is C45H75N3O34. The van der Waals surface area contributed by atoms with Crippen LogP contribution >= 0.6 is 0 Å². The van der Waals surface area contributed by atoms with E-state index < -0.39 is 259 Å². The average Bonchev–Trinajstić information content (AvgIpc) is 3.63. The van der Waals surface area contributed by atoms with E-state index in [1.807, 2.05) is 0 Å². The normalized spacial score (nSPS) is 46.3. The molecule has 37 heteroatoms. The van der Waals surface area contributed by atoms with Crippen molar-refractivity contribution >= 4 is 23.7 Å². The highest BCUT2D eigenvalue weighted by atomic mass is 16.8. The Morgan fingerprint density at radius 2 is 1.02 bits per heavy atom. The van der Waals surface area contributed by atoms with Crippen LogP contribution in [-0.4, -0.2) is 350 Å². The standard InChI is InChI=1S/C45H75N3O34/c1-11-24(59)29(64)31(66)41(73-11)80-36-23(47-13(3)55)40(75-16(6-50)26(36)61)81-38-27(62)17(7-51)76-43(33(38)68)78-34-18(8-52)77-42(32(67)30(34)65)79-35-22(46-12(2)54)39(69)74-19(28(35)63)10-72-45(44(70)71)4-14(56)21(48-20(58)9-53)37(82-45)25(60)15(57)5-49/h11,14-19,21-43,49-53,56-57,59-69H,4-10H2,1-3H3,(H,46,54)(H,47,55)(H,48,58)(H,70,71)/t11-,14-,15+,16+,17+,18+,19+,21+,22+,23+,24+,25+,26-,27-,28-,29+,30+,31-,32+,33+,34-,35+,36+,37+,38-,39-,40-,41-,42-,43-,45+/m0/s1. The lowest BCUT2D eigenvalue weighted by molar-refractivity contribution is -0.386. The molecule has 82 heavy (non-hydrogen) atoms. The number of aliphatic carboxylic acids is 1. The molecule has 474 valence electrons. The van der Waals surface area contributed by atoms with E-state index in [0.29, 0.717) is 0 Å². The summed E-state index contributed by atoms with van der Waals surface area (Å²) in [6, 6.07) is -5.26. The second kappa shape index (κ2) is 28.9. The van der Waals surface area contributed by atoms with E-state index in [1.54, 1.807) is 0 Å². The van der Waals surface area contributed by atoms with Crippen LogP contribution in [-0.2, 0) is 71.3 Å². The number of ether oxygens (including phenoxy) is 11. The Bertz CT molecular complexity index is 2090. The number of aliphatic hydroxyl groups is 18. The number of carbonyl (C=O) groups excluding carboxylic acids is 3. The van der Waals surface area contributed by atoms with E-state index in [2.05, 4.69) is 16.0 Å². The first kappa shape index (κ1) is 67.8. The Morgan fingerprint density at radius 1 is 0.537 bits per heavy atom. The maximum atomic E-state index is 12.8. The van der Waals surface area contributed by atoms with E-state index in [1.165, 1.54) is 6.92 Å². The smallest absolute Gasteiger partial charge is 0.364 e. The third-order valence-electron chi connectivity index (χ3n) is 14.7. The summed E-state index contributed by atoms with van der Waals surface area (Å²) in [5.74, 6) is -7.93. The van der Waals surface area contributed by atoms with Crippen LogP contribution in [0.1, 0.15) is 27.2 Å². The Kier molecular flexibility index (Phi) is 23.9. The zero-order valence-electron chi connectivity index (χ0n) is 43.9. The van der Waals surface area contributed by atoms with Gasteiger partial charge in [-0.2, -0.15) is 0 Å². The van der Waals surface area contributed by atoms with Gasteiger partial charge in [0.05, 0.1) is 51.3 Å². The summed E-state index contributed by atoms with van der Waals surface area (Å²) in [5.41, 5.74) is 0. The van der Waals surface area contributed by atoms with E-state index in [0.717, 1.165) is 13.8 Å². The molecule has 37 nitrogen and oxygen atoms in total. The number of nitrogens with one attached hydrogen (secondary N) is 3. The molecule has 0 aliphatic carbocycles. The van der Waals surface area contributed by atoms with Crippen LogP contribution in [0.4, 0.5) is 0 Å². The van der Waals surface area contributed by atoms with Crippen molar-refractivity contribution in [2.24, 2.45) is 0 Å². The van der Waals surface area contributed by atoms with Crippen molar-refractivity contribution in [3.63, 3.8) is 0 Å². The maximum Gasteiger partial charge on any atom is 0.364 e. The average molecular weight is 1200 g/mol. The molecule has 31 atom stereocenters. The second-order valence-electron chi connectivity index (χ2n) is 20.4. The number of hydrogen-bond acceptors (Lipinski definition) is 33. The predicted octanol–water partition coefficient (Wildman–Crippen LogP) is -14.5. The summed E-state index contributed by atoms with van der Waals surface area (Å²) in [5, 5.41) is 211. The van der Waals surface area contributed by atoms with Crippen LogP contribution in [0.3, 0.4) is 0 Å². The molecule has 6 aliphatic rings. The third-order valence-corrected chi connectivity index (χ3v) is 14.7. The van der Waals surface area contributed by atoms with Gasteiger partial charge in [-0.15, -0.1) is 0 Å². The fraction of sp³-hybridized carbons (Fsp3) is 0.911. The molecule has 0 saturated carbocycles. The molecule has 6 aliphatic heterocycles.